The molecule has 8 heteroatoms. The number of hydrogen-bond acceptors (Lipinski definition) is 5. The van der Waals surface area contributed by atoms with E-state index in [4.69, 9.17) is 5.73 Å². The van der Waals surface area contributed by atoms with Crippen LogP contribution in [0, 0.1) is 0 Å². The monoisotopic (exact) mass is 359 g/mol. The number of imide groups is 2. The van der Waals surface area contributed by atoms with Crippen LogP contribution < -0.4 is 5.73 Å². The van der Waals surface area contributed by atoms with Crippen molar-refractivity contribution >= 4 is 29.5 Å². The summed E-state index contributed by atoms with van der Waals surface area (Å²) < 4.78 is 0. The second-order valence-corrected chi connectivity index (χ2v) is 5.99. The van der Waals surface area contributed by atoms with Crippen molar-refractivity contribution in [3.05, 3.63) is 42.0 Å². The van der Waals surface area contributed by atoms with E-state index in [0.29, 0.717) is 22.6 Å². The molecule has 0 saturated heterocycles. The fraction of sp³-hybridized carbons (Fsp3) is 0.333. The molecule has 1 aromatic carbocycles. The lowest BCUT2D eigenvalue weighted by atomic mass is 10.1. The van der Waals surface area contributed by atoms with E-state index in [1.807, 2.05) is 6.92 Å². The Kier molecular flexibility index (Phi) is 6.11. The number of carboxylic acid groups (broad SMARTS) is 1. The number of unbranched alkanes of at least 4 members (excludes halogenated alkanes) is 1. The van der Waals surface area contributed by atoms with Gasteiger partial charge in [0.2, 0.25) is 0 Å². The molecular weight excluding hydrogens is 338 g/mol. The predicted octanol–water partition coefficient (Wildman–Crippen LogP) is 1.76. The normalized spacial score (nSPS) is 14.6. The van der Waals surface area contributed by atoms with Crippen molar-refractivity contribution < 1.29 is 24.3 Å². The van der Waals surface area contributed by atoms with Crippen molar-refractivity contribution in [1.82, 2.24) is 9.80 Å². The number of nitrogens with zero attached hydrogens (tertiary/aromatic N) is 2. The number of rotatable bonds is 7. The molecule has 1 aromatic rings. The van der Waals surface area contributed by atoms with Crippen LogP contribution in [0.15, 0.2) is 36.4 Å². The molecular formula is C18H21N3O5. The fourth-order valence-corrected chi connectivity index (χ4v) is 2.70. The van der Waals surface area contributed by atoms with Crippen molar-refractivity contribution in [2.45, 2.75) is 38.8 Å². The smallest absolute Gasteiger partial charge is 0.414 e. The predicted molar refractivity (Wildman–Crippen MR) is 93.7 cm³/mol. The Bertz CT molecular complexity index is 724. The van der Waals surface area contributed by atoms with Crippen molar-refractivity contribution in [1.29, 1.82) is 0 Å². The maximum Gasteiger partial charge on any atom is 0.414 e. The zero-order chi connectivity index (χ0) is 19.3. The molecule has 8 nitrogen and oxygen atoms in total. The Hall–Kier alpha value is -3.16. The third kappa shape index (κ3) is 4.27. The topological polar surface area (TPSA) is 121 Å². The number of nitrogens with two attached hydrogens (primary N) is 1. The minimum absolute atomic E-state index is 0.194. The molecule has 0 aromatic heterocycles. The molecule has 0 saturated carbocycles. The maximum absolute atomic E-state index is 12.9. The Balaban J connectivity index is 2.27. The van der Waals surface area contributed by atoms with E-state index in [2.05, 4.69) is 0 Å². The molecule has 0 fully saturated rings. The fourth-order valence-electron chi connectivity index (χ4n) is 2.70. The van der Waals surface area contributed by atoms with E-state index in [0.717, 1.165) is 23.5 Å². The first-order valence-electron chi connectivity index (χ1n) is 8.29. The van der Waals surface area contributed by atoms with Gasteiger partial charge in [-0.15, -0.1) is 0 Å². The summed E-state index contributed by atoms with van der Waals surface area (Å²) in [5.41, 5.74) is 6.69. The molecule has 1 aliphatic heterocycles. The molecule has 1 atom stereocenters. The van der Waals surface area contributed by atoms with Gasteiger partial charge in [0.25, 0.3) is 17.7 Å². The highest BCUT2D eigenvalue weighted by molar-refractivity contribution is 6.15. The van der Waals surface area contributed by atoms with Crippen molar-refractivity contribution in [2.24, 2.45) is 0 Å². The molecule has 2 rings (SSSR count). The Morgan fingerprint density at radius 3 is 2.23 bits per heavy atom. The van der Waals surface area contributed by atoms with Gasteiger partial charge in [0.05, 0.1) is 6.54 Å². The maximum atomic E-state index is 12.9. The SMILES string of the molecule is CCCCC(C(=O)N(Cc1ccc(N)cc1)C(=O)O)N1C(=O)C=CC1=O. The molecule has 0 spiro atoms. The summed E-state index contributed by atoms with van der Waals surface area (Å²) in [6.45, 7) is 1.71. The number of carbonyl (C=O) groups excluding carboxylic acids is 3. The van der Waals surface area contributed by atoms with Crippen LogP contribution in [-0.2, 0) is 20.9 Å². The van der Waals surface area contributed by atoms with Gasteiger partial charge in [-0.25, -0.2) is 9.69 Å². The van der Waals surface area contributed by atoms with Crippen LogP contribution in [0.3, 0.4) is 0 Å². The van der Waals surface area contributed by atoms with E-state index in [1.165, 1.54) is 0 Å². The van der Waals surface area contributed by atoms with Crippen LogP contribution in [0.25, 0.3) is 0 Å². The largest absolute Gasteiger partial charge is 0.465 e. The molecule has 138 valence electrons. The second kappa shape index (κ2) is 8.28. The summed E-state index contributed by atoms with van der Waals surface area (Å²) in [5.74, 6) is -2.02. The third-order valence-electron chi connectivity index (χ3n) is 4.09. The lowest BCUT2D eigenvalue weighted by Gasteiger charge is -2.29. The summed E-state index contributed by atoms with van der Waals surface area (Å²) in [4.78, 5) is 49.9. The van der Waals surface area contributed by atoms with E-state index in [1.54, 1.807) is 24.3 Å². The molecule has 1 heterocycles. The van der Waals surface area contributed by atoms with E-state index in [-0.39, 0.29) is 13.0 Å². The minimum Gasteiger partial charge on any atom is -0.465 e. The number of hydrogen-bond donors (Lipinski definition) is 2. The summed E-state index contributed by atoms with van der Waals surface area (Å²) in [6, 6.07) is 5.30. The van der Waals surface area contributed by atoms with Crippen LogP contribution in [0.4, 0.5) is 10.5 Å². The van der Waals surface area contributed by atoms with Crippen molar-refractivity contribution in [3.63, 3.8) is 0 Å². The number of benzene rings is 1. The highest BCUT2D eigenvalue weighted by Crippen LogP contribution is 2.19. The van der Waals surface area contributed by atoms with E-state index < -0.39 is 29.9 Å². The molecule has 3 N–H and O–H groups in total. The average Bonchev–Trinajstić information content (AvgIpc) is 2.93. The first kappa shape index (κ1) is 19.2. The van der Waals surface area contributed by atoms with Crippen LogP contribution in [0.1, 0.15) is 31.7 Å². The molecule has 1 aliphatic rings. The lowest BCUT2D eigenvalue weighted by Crippen LogP contribution is -2.52. The van der Waals surface area contributed by atoms with Gasteiger partial charge in [-0.2, -0.15) is 0 Å². The zero-order valence-corrected chi connectivity index (χ0v) is 14.4. The number of anilines is 1. The average molecular weight is 359 g/mol. The van der Waals surface area contributed by atoms with Gasteiger partial charge in [0, 0.05) is 17.8 Å². The van der Waals surface area contributed by atoms with Gasteiger partial charge >= 0.3 is 6.09 Å². The molecule has 0 radical (unpaired) electrons. The van der Waals surface area contributed by atoms with Gasteiger partial charge in [-0.1, -0.05) is 31.9 Å². The van der Waals surface area contributed by atoms with Crippen LogP contribution in [0.2, 0.25) is 0 Å². The molecule has 4 amide bonds. The molecule has 26 heavy (non-hydrogen) atoms. The highest BCUT2D eigenvalue weighted by Gasteiger charge is 2.39. The van der Waals surface area contributed by atoms with Crippen molar-refractivity contribution in [2.75, 3.05) is 5.73 Å². The Morgan fingerprint density at radius 2 is 1.73 bits per heavy atom. The standard InChI is InChI=1S/C18H21N3O5/c1-2-3-4-14(21-15(22)9-10-16(21)23)17(24)20(18(25)26)11-12-5-7-13(19)8-6-12/h5-10,14H,2-4,11,19H2,1H3,(H,25,26). The highest BCUT2D eigenvalue weighted by atomic mass is 16.4. The molecule has 1 unspecified atom stereocenters. The first-order valence-corrected chi connectivity index (χ1v) is 8.29. The summed E-state index contributed by atoms with van der Waals surface area (Å²) in [7, 11) is 0. The quantitative estimate of drug-likeness (QED) is 0.565. The summed E-state index contributed by atoms with van der Waals surface area (Å²) >= 11 is 0. The molecule has 0 bridgehead atoms. The number of nitrogen functional groups attached to an aromatic ring is 1. The van der Waals surface area contributed by atoms with E-state index in [9.17, 15) is 24.3 Å². The van der Waals surface area contributed by atoms with Gasteiger partial charge in [-0.05, 0) is 24.1 Å². The Labute approximate surface area is 150 Å². The zero-order valence-electron chi connectivity index (χ0n) is 14.4. The van der Waals surface area contributed by atoms with Crippen molar-refractivity contribution in [3.8, 4) is 0 Å². The van der Waals surface area contributed by atoms with Crippen LogP contribution in [-0.4, -0.2) is 44.8 Å². The number of amides is 4. The first-order chi connectivity index (χ1) is 12.3. The summed E-state index contributed by atoms with van der Waals surface area (Å²) in [6.07, 6.45) is 2.24. The van der Waals surface area contributed by atoms with Gasteiger partial charge in [-0.3, -0.25) is 19.3 Å². The van der Waals surface area contributed by atoms with E-state index >= 15 is 0 Å². The lowest BCUT2D eigenvalue weighted by molar-refractivity contribution is -0.149. The second-order valence-electron chi connectivity index (χ2n) is 5.99. The van der Waals surface area contributed by atoms with Crippen LogP contribution in [0.5, 0.6) is 0 Å². The van der Waals surface area contributed by atoms with Crippen LogP contribution >= 0.6 is 0 Å². The van der Waals surface area contributed by atoms with Gasteiger partial charge < -0.3 is 10.8 Å². The van der Waals surface area contributed by atoms with Gasteiger partial charge in [0.1, 0.15) is 6.04 Å². The Morgan fingerprint density at radius 1 is 1.15 bits per heavy atom. The van der Waals surface area contributed by atoms with Gasteiger partial charge in [0.15, 0.2) is 0 Å². The summed E-state index contributed by atoms with van der Waals surface area (Å²) in [5, 5.41) is 9.48. The minimum atomic E-state index is -1.44. The number of carbonyl (C=O) groups is 4. The molecule has 0 aliphatic carbocycles. The third-order valence-corrected chi connectivity index (χ3v) is 4.09.